The number of ether oxygens (including phenoxy) is 3. The number of alkyl halides is 8. The monoisotopic (exact) mass is 554 g/mol. The first-order valence-electron chi connectivity index (χ1n) is 11.2. The number of hydrogen-bond donors (Lipinski definition) is 0. The lowest BCUT2D eigenvalue weighted by Crippen LogP contribution is -2.19. The molecule has 0 spiro atoms. The van der Waals surface area contributed by atoms with Gasteiger partial charge in [-0.3, -0.25) is 0 Å². The van der Waals surface area contributed by atoms with Crippen LogP contribution in [-0.2, 0) is 0 Å². The summed E-state index contributed by atoms with van der Waals surface area (Å²) in [5, 5.41) is 0. The smallest absolute Gasteiger partial charge is 0.483 e. The van der Waals surface area contributed by atoms with Gasteiger partial charge in [-0.15, -0.1) is 13.2 Å². The van der Waals surface area contributed by atoms with Crippen molar-refractivity contribution in [1.29, 1.82) is 0 Å². The summed E-state index contributed by atoms with van der Waals surface area (Å²) in [6.45, 7) is -4.64. The van der Waals surface area contributed by atoms with Gasteiger partial charge in [-0.05, 0) is 52.6 Å². The summed E-state index contributed by atoms with van der Waals surface area (Å²) < 4.78 is 116. The van der Waals surface area contributed by atoms with Gasteiger partial charge in [0.15, 0.2) is 6.61 Å². The van der Waals surface area contributed by atoms with Gasteiger partial charge in [-0.1, -0.05) is 60.7 Å². The van der Waals surface area contributed by atoms with Crippen molar-refractivity contribution in [3.63, 3.8) is 0 Å². The zero-order chi connectivity index (χ0) is 28.2. The molecule has 0 aromatic heterocycles. The molecule has 0 aliphatic carbocycles. The molecule has 0 aliphatic rings. The molecule has 0 N–H and O–H groups in total. The number of benzene rings is 4. The quantitative estimate of drug-likeness (QED) is 0.203. The molecule has 0 bridgehead atoms. The molecule has 0 fully saturated rings. The molecule has 0 atom stereocenters. The highest BCUT2D eigenvalue weighted by molar-refractivity contribution is 5.97. The summed E-state index contributed by atoms with van der Waals surface area (Å²) in [5.74, 6) is -0.716. The number of hydrogen-bond acceptors (Lipinski definition) is 3. The lowest BCUT2D eigenvalue weighted by molar-refractivity contribution is -0.274. The molecular weight excluding hydrogens is 536 g/mol. The highest BCUT2D eigenvalue weighted by Crippen LogP contribution is 2.46. The summed E-state index contributed by atoms with van der Waals surface area (Å²) in [7, 11) is 0. The normalized spacial score (nSPS) is 11.9. The second-order valence-corrected chi connectivity index (χ2v) is 8.11. The van der Waals surface area contributed by atoms with E-state index in [0.717, 1.165) is 12.1 Å². The zero-order valence-electron chi connectivity index (χ0n) is 19.7. The number of rotatable bonds is 8. The Balaban J connectivity index is 1.92. The molecule has 39 heavy (non-hydrogen) atoms. The Kier molecular flexibility index (Phi) is 7.98. The highest BCUT2D eigenvalue weighted by atomic mass is 19.4. The van der Waals surface area contributed by atoms with E-state index in [2.05, 4.69) is 9.47 Å². The molecule has 0 aliphatic heterocycles. The van der Waals surface area contributed by atoms with Crippen LogP contribution >= 0.6 is 0 Å². The maximum atomic E-state index is 13.1. The van der Waals surface area contributed by atoms with Crippen LogP contribution in [0.4, 0.5) is 35.1 Å². The molecule has 0 heterocycles. The Morgan fingerprint density at radius 2 is 1.15 bits per heavy atom. The lowest BCUT2D eigenvalue weighted by atomic mass is 9.87. The summed E-state index contributed by atoms with van der Waals surface area (Å²) >= 11 is 0. The van der Waals surface area contributed by atoms with Crippen LogP contribution in [0.1, 0.15) is 0 Å². The Hall–Kier alpha value is -4.28. The summed E-state index contributed by atoms with van der Waals surface area (Å²) in [5.41, 5.74) is 2.33. The SMILES string of the molecule is FC(F)Oc1ccc(-c2c(-c3ccc(OC(F)(F)F)cc3)ccc(OCC(F)(F)F)c2-c2ccccc2)cc1. The lowest BCUT2D eigenvalue weighted by Gasteiger charge is -2.21. The van der Waals surface area contributed by atoms with E-state index in [4.69, 9.17) is 4.74 Å². The second kappa shape index (κ2) is 11.2. The fourth-order valence-electron chi connectivity index (χ4n) is 3.93. The topological polar surface area (TPSA) is 27.7 Å². The Morgan fingerprint density at radius 1 is 0.590 bits per heavy atom. The Bertz CT molecular complexity index is 1380. The minimum Gasteiger partial charge on any atom is -0.483 e. The first-order valence-corrected chi connectivity index (χ1v) is 11.2. The van der Waals surface area contributed by atoms with E-state index in [1.807, 2.05) is 0 Å². The summed E-state index contributed by atoms with van der Waals surface area (Å²) in [6.07, 6.45) is -9.53. The largest absolute Gasteiger partial charge is 0.573 e. The summed E-state index contributed by atoms with van der Waals surface area (Å²) in [4.78, 5) is 0. The molecule has 11 heteroatoms. The van der Waals surface area contributed by atoms with E-state index in [1.165, 1.54) is 48.5 Å². The molecule has 3 nitrogen and oxygen atoms in total. The summed E-state index contributed by atoms with van der Waals surface area (Å²) in [6, 6.07) is 21.5. The van der Waals surface area contributed by atoms with Crippen LogP contribution in [0, 0.1) is 0 Å². The van der Waals surface area contributed by atoms with Crippen LogP contribution in [0.2, 0.25) is 0 Å². The highest BCUT2D eigenvalue weighted by Gasteiger charge is 2.31. The minimum atomic E-state index is -4.90. The molecule has 0 amide bonds. The van der Waals surface area contributed by atoms with Crippen LogP contribution in [-0.4, -0.2) is 25.8 Å². The van der Waals surface area contributed by atoms with Crippen LogP contribution in [0.3, 0.4) is 0 Å². The average molecular weight is 554 g/mol. The number of halogens is 8. The van der Waals surface area contributed by atoms with Crippen LogP contribution in [0.25, 0.3) is 33.4 Å². The molecule has 4 aromatic rings. The van der Waals surface area contributed by atoms with Crippen molar-refractivity contribution in [3.05, 3.63) is 91.0 Å². The molecule has 0 unspecified atom stereocenters. The van der Waals surface area contributed by atoms with Gasteiger partial charge in [0.25, 0.3) is 0 Å². The van der Waals surface area contributed by atoms with Gasteiger partial charge in [0.05, 0.1) is 0 Å². The fourth-order valence-corrected chi connectivity index (χ4v) is 3.93. The Labute approximate surface area is 217 Å². The predicted molar refractivity (Wildman–Crippen MR) is 128 cm³/mol. The fraction of sp³-hybridized carbons (Fsp3) is 0.143. The average Bonchev–Trinajstić information content (AvgIpc) is 2.87. The standard InChI is InChI=1S/C28H18F8O3/c29-26(30)38-20-10-8-19(9-11-20)24-22(17-6-12-21(13-7-17)39-28(34,35)36)14-15-23(37-16-27(31,32)33)25(24)18-4-2-1-3-5-18/h1-15,26H,16H2. The third-order valence-corrected chi connectivity index (χ3v) is 5.39. The van der Waals surface area contributed by atoms with Gasteiger partial charge in [0.1, 0.15) is 17.2 Å². The van der Waals surface area contributed by atoms with E-state index >= 15 is 0 Å². The second-order valence-electron chi connectivity index (χ2n) is 8.11. The van der Waals surface area contributed by atoms with Crippen LogP contribution in [0.15, 0.2) is 91.0 Å². The first kappa shape index (κ1) is 27.7. The van der Waals surface area contributed by atoms with E-state index < -0.39 is 31.5 Å². The van der Waals surface area contributed by atoms with Gasteiger partial charge < -0.3 is 14.2 Å². The van der Waals surface area contributed by atoms with Crippen molar-refractivity contribution in [3.8, 4) is 50.6 Å². The van der Waals surface area contributed by atoms with Gasteiger partial charge in [0, 0.05) is 11.1 Å². The van der Waals surface area contributed by atoms with E-state index in [0.29, 0.717) is 27.8 Å². The van der Waals surface area contributed by atoms with Crippen molar-refractivity contribution in [2.45, 2.75) is 19.2 Å². The molecule has 4 rings (SSSR count). The molecule has 0 saturated heterocycles. The van der Waals surface area contributed by atoms with Crippen molar-refractivity contribution in [2.75, 3.05) is 6.61 Å². The zero-order valence-corrected chi connectivity index (χ0v) is 19.7. The molecular formula is C28H18F8O3. The maximum Gasteiger partial charge on any atom is 0.573 e. The van der Waals surface area contributed by atoms with Crippen molar-refractivity contribution < 1.29 is 49.3 Å². The van der Waals surface area contributed by atoms with Crippen molar-refractivity contribution in [2.24, 2.45) is 0 Å². The third kappa shape index (κ3) is 7.40. The molecule has 0 radical (unpaired) electrons. The van der Waals surface area contributed by atoms with E-state index in [-0.39, 0.29) is 17.1 Å². The molecule has 4 aromatic carbocycles. The molecule has 204 valence electrons. The third-order valence-electron chi connectivity index (χ3n) is 5.39. The van der Waals surface area contributed by atoms with Gasteiger partial charge in [-0.25, -0.2) is 0 Å². The van der Waals surface area contributed by atoms with E-state index in [1.54, 1.807) is 30.3 Å². The van der Waals surface area contributed by atoms with Crippen LogP contribution < -0.4 is 14.2 Å². The van der Waals surface area contributed by atoms with Crippen molar-refractivity contribution >= 4 is 0 Å². The minimum absolute atomic E-state index is 0.109. The molecule has 0 saturated carbocycles. The van der Waals surface area contributed by atoms with Gasteiger partial charge in [0.2, 0.25) is 0 Å². The van der Waals surface area contributed by atoms with Crippen LogP contribution in [0.5, 0.6) is 17.2 Å². The van der Waals surface area contributed by atoms with Crippen molar-refractivity contribution in [1.82, 2.24) is 0 Å². The van der Waals surface area contributed by atoms with Gasteiger partial charge >= 0.3 is 19.2 Å². The Morgan fingerprint density at radius 3 is 1.72 bits per heavy atom. The van der Waals surface area contributed by atoms with E-state index in [9.17, 15) is 35.1 Å². The first-order chi connectivity index (χ1) is 18.4. The predicted octanol–water partition coefficient (Wildman–Crippen LogP) is 9.13. The maximum absolute atomic E-state index is 13.1. The van der Waals surface area contributed by atoms with Gasteiger partial charge in [-0.2, -0.15) is 22.0 Å².